The van der Waals surface area contributed by atoms with Crippen LogP contribution in [0.15, 0.2) is 53.4 Å². The van der Waals surface area contributed by atoms with Crippen molar-refractivity contribution in [2.45, 2.75) is 24.8 Å². The molecule has 150 valence electrons. The summed E-state index contributed by atoms with van der Waals surface area (Å²) in [5.74, 6) is -0.197. The van der Waals surface area contributed by atoms with E-state index in [1.54, 1.807) is 36.1 Å². The Balaban J connectivity index is 1.58. The number of ether oxygens (including phenoxy) is 1. The Morgan fingerprint density at radius 3 is 2.14 bits per heavy atom. The van der Waals surface area contributed by atoms with Crippen LogP contribution in [0.25, 0.3) is 0 Å². The first kappa shape index (κ1) is 20.3. The fourth-order valence-corrected chi connectivity index (χ4v) is 4.46. The highest BCUT2D eigenvalue weighted by Crippen LogP contribution is 2.19. The number of hydrogen-bond acceptors (Lipinski definition) is 4. The molecule has 6 nitrogen and oxygen atoms in total. The van der Waals surface area contributed by atoms with Crippen LogP contribution >= 0.6 is 0 Å². The summed E-state index contributed by atoms with van der Waals surface area (Å²) in [6.45, 7) is 4.57. The van der Waals surface area contributed by atoms with Crippen molar-refractivity contribution >= 4 is 15.9 Å². The number of aryl methyl sites for hydroxylation is 1. The summed E-state index contributed by atoms with van der Waals surface area (Å²) in [5, 5.41) is 0. The minimum absolute atomic E-state index is 0.225. The lowest BCUT2D eigenvalue weighted by Gasteiger charge is -2.35. The number of halogens is 1. The van der Waals surface area contributed by atoms with Crippen molar-refractivity contribution in [2.75, 3.05) is 26.2 Å². The zero-order valence-corrected chi connectivity index (χ0v) is 16.7. The molecule has 0 unspecified atom stereocenters. The largest absolute Gasteiger partial charge is 0.481 e. The summed E-state index contributed by atoms with van der Waals surface area (Å²) in [5.41, 5.74) is 0.990. The number of hydrogen-bond donors (Lipinski definition) is 0. The molecule has 1 aliphatic heterocycles. The maximum absolute atomic E-state index is 13.0. The van der Waals surface area contributed by atoms with Crippen molar-refractivity contribution in [3.05, 3.63) is 59.9 Å². The Morgan fingerprint density at radius 1 is 1.00 bits per heavy atom. The summed E-state index contributed by atoms with van der Waals surface area (Å²) in [6, 6.07) is 12.2. The minimum Gasteiger partial charge on any atom is -0.481 e. The Bertz CT molecular complexity index is 922. The fraction of sp³-hybridized carbons (Fsp3) is 0.350. The van der Waals surface area contributed by atoms with Gasteiger partial charge in [0.05, 0.1) is 4.90 Å². The molecule has 28 heavy (non-hydrogen) atoms. The maximum atomic E-state index is 13.0. The second kappa shape index (κ2) is 8.28. The first-order valence-corrected chi connectivity index (χ1v) is 10.5. The second-order valence-corrected chi connectivity index (χ2v) is 8.69. The quantitative estimate of drug-likeness (QED) is 0.765. The summed E-state index contributed by atoms with van der Waals surface area (Å²) in [7, 11) is -3.57. The molecule has 1 amide bonds. The molecule has 3 rings (SSSR count). The molecule has 2 aromatic carbocycles. The SMILES string of the molecule is Cc1ccc(S(=O)(=O)N2CCN(C(=O)[C@H](C)Oc3ccc(F)cc3)CC2)cc1. The van der Waals surface area contributed by atoms with Gasteiger partial charge in [-0.15, -0.1) is 0 Å². The monoisotopic (exact) mass is 406 g/mol. The summed E-state index contributed by atoms with van der Waals surface area (Å²) in [4.78, 5) is 14.4. The number of piperazine rings is 1. The molecule has 0 radical (unpaired) electrons. The number of carbonyl (C=O) groups excluding carboxylic acids is 1. The van der Waals surface area contributed by atoms with Crippen molar-refractivity contribution in [2.24, 2.45) is 0 Å². The Labute approximate surface area is 164 Å². The van der Waals surface area contributed by atoms with E-state index in [4.69, 9.17) is 4.74 Å². The van der Waals surface area contributed by atoms with E-state index in [0.29, 0.717) is 18.8 Å². The van der Waals surface area contributed by atoms with E-state index >= 15 is 0 Å². The molecular formula is C20H23FN2O4S. The molecular weight excluding hydrogens is 383 g/mol. The third kappa shape index (κ3) is 4.51. The molecule has 1 aliphatic rings. The van der Waals surface area contributed by atoms with Crippen molar-refractivity contribution in [3.63, 3.8) is 0 Å². The molecule has 1 atom stereocenters. The van der Waals surface area contributed by atoms with Gasteiger partial charge in [0.15, 0.2) is 6.10 Å². The molecule has 0 bridgehead atoms. The summed E-state index contributed by atoms with van der Waals surface area (Å²) in [6.07, 6.45) is -0.745. The van der Waals surface area contributed by atoms with Gasteiger partial charge in [0.25, 0.3) is 5.91 Å². The third-order valence-corrected chi connectivity index (χ3v) is 6.60. The molecule has 1 saturated heterocycles. The van der Waals surface area contributed by atoms with Gasteiger partial charge in [0.1, 0.15) is 11.6 Å². The summed E-state index contributed by atoms with van der Waals surface area (Å²) < 4.78 is 45.4. The molecule has 2 aromatic rings. The summed E-state index contributed by atoms with van der Waals surface area (Å²) >= 11 is 0. The van der Waals surface area contributed by atoms with E-state index in [9.17, 15) is 17.6 Å². The van der Waals surface area contributed by atoms with Crippen LogP contribution in [0.5, 0.6) is 5.75 Å². The van der Waals surface area contributed by atoms with Crippen LogP contribution < -0.4 is 4.74 Å². The first-order valence-electron chi connectivity index (χ1n) is 9.05. The molecule has 0 N–H and O–H groups in total. The van der Waals surface area contributed by atoms with Gasteiger partial charge in [-0.2, -0.15) is 4.31 Å². The minimum atomic E-state index is -3.57. The highest BCUT2D eigenvalue weighted by Gasteiger charge is 2.32. The third-order valence-electron chi connectivity index (χ3n) is 4.68. The van der Waals surface area contributed by atoms with Crippen molar-refractivity contribution in [1.29, 1.82) is 0 Å². The van der Waals surface area contributed by atoms with Gasteiger partial charge in [-0.05, 0) is 50.2 Å². The Hall–Kier alpha value is -2.45. The zero-order chi connectivity index (χ0) is 20.3. The number of carbonyl (C=O) groups is 1. The van der Waals surface area contributed by atoms with Crippen LogP contribution in [-0.4, -0.2) is 55.8 Å². The Kier molecular flexibility index (Phi) is 6.00. The van der Waals surface area contributed by atoms with Gasteiger partial charge in [0.2, 0.25) is 10.0 Å². The lowest BCUT2D eigenvalue weighted by molar-refractivity contribution is -0.139. The van der Waals surface area contributed by atoms with E-state index in [1.165, 1.54) is 28.6 Å². The van der Waals surface area contributed by atoms with Gasteiger partial charge in [-0.1, -0.05) is 17.7 Å². The van der Waals surface area contributed by atoms with Crippen LogP contribution in [0.1, 0.15) is 12.5 Å². The van der Waals surface area contributed by atoms with Crippen molar-refractivity contribution in [1.82, 2.24) is 9.21 Å². The standard InChI is InChI=1S/C20H23FN2O4S/c1-15-3-9-19(10-4-15)28(25,26)23-13-11-22(12-14-23)20(24)16(2)27-18-7-5-17(21)6-8-18/h3-10,16H,11-14H2,1-2H3/t16-/m0/s1. The van der Waals surface area contributed by atoms with E-state index in [-0.39, 0.29) is 29.7 Å². The second-order valence-electron chi connectivity index (χ2n) is 6.76. The average molecular weight is 406 g/mol. The van der Waals surface area contributed by atoms with Crippen LogP contribution in [0, 0.1) is 12.7 Å². The van der Waals surface area contributed by atoms with Crippen LogP contribution in [-0.2, 0) is 14.8 Å². The van der Waals surface area contributed by atoms with Gasteiger partial charge in [-0.25, -0.2) is 12.8 Å². The Morgan fingerprint density at radius 2 is 1.57 bits per heavy atom. The smallest absolute Gasteiger partial charge is 0.263 e. The molecule has 0 aliphatic carbocycles. The van der Waals surface area contributed by atoms with E-state index < -0.39 is 16.1 Å². The average Bonchev–Trinajstić information content (AvgIpc) is 2.69. The molecule has 0 spiro atoms. The van der Waals surface area contributed by atoms with Gasteiger partial charge >= 0.3 is 0 Å². The van der Waals surface area contributed by atoms with E-state index in [1.807, 2.05) is 6.92 Å². The normalized spacial score (nSPS) is 16.6. The maximum Gasteiger partial charge on any atom is 0.263 e. The van der Waals surface area contributed by atoms with Gasteiger partial charge < -0.3 is 9.64 Å². The van der Waals surface area contributed by atoms with Crippen molar-refractivity contribution in [3.8, 4) is 5.75 Å². The van der Waals surface area contributed by atoms with E-state index in [0.717, 1.165) is 5.56 Å². The molecule has 0 saturated carbocycles. The molecule has 1 fully saturated rings. The van der Waals surface area contributed by atoms with Gasteiger partial charge in [-0.3, -0.25) is 4.79 Å². The van der Waals surface area contributed by atoms with Crippen LogP contribution in [0.2, 0.25) is 0 Å². The fourth-order valence-electron chi connectivity index (χ4n) is 3.03. The van der Waals surface area contributed by atoms with E-state index in [2.05, 4.69) is 0 Å². The first-order chi connectivity index (χ1) is 13.3. The van der Waals surface area contributed by atoms with Crippen LogP contribution in [0.4, 0.5) is 4.39 Å². The lowest BCUT2D eigenvalue weighted by Crippen LogP contribution is -2.53. The number of nitrogens with zero attached hydrogens (tertiary/aromatic N) is 2. The number of amides is 1. The van der Waals surface area contributed by atoms with Gasteiger partial charge in [0, 0.05) is 26.2 Å². The molecule has 0 aromatic heterocycles. The van der Waals surface area contributed by atoms with Crippen molar-refractivity contribution < 1.29 is 22.3 Å². The lowest BCUT2D eigenvalue weighted by atomic mass is 10.2. The topological polar surface area (TPSA) is 66.9 Å². The molecule has 8 heteroatoms. The highest BCUT2D eigenvalue weighted by molar-refractivity contribution is 7.89. The highest BCUT2D eigenvalue weighted by atomic mass is 32.2. The zero-order valence-electron chi connectivity index (χ0n) is 15.8. The number of benzene rings is 2. The number of rotatable bonds is 5. The number of sulfonamides is 1. The predicted octanol–water partition coefficient (Wildman–Crippen LogP) is 2.43. The molecule has 1 heterocycles. The van der Waals surface area contributed by atoms with Crippen LogP contribution in [0.3, 0.4) is 0 Å². The predicted molar refractivity (Wildman–Crippen MR) is 103 cm³/mol.